The number of esters is 2. The maximum Gasteiger partial charge on any atom is 0.338 e. The molecule has 0 fully saturated rings. The van der Waals surface area contributed by atoms with E-state index in [1.165, 1.54) is 35.9 Å². The van der Waals surface area contributed by atoms with Crippen LogP contribution < -0.4 is 9.52 Å². The first-order valence-electron chi connectivity index (χ1n) is 11.8. The average molecular weight is 568 g/mol. The highest BCUT2D eigenvalue weighted by molar-refractivity contribution is 7.92. The lowest BCUT2D eigenvalue weighted by Crippen LogP contribution is -2.23. The Morgan fingerprint density at radius 3 is 2.44 bits per heavy atom. The van der Waals surface area contributed by atoms with E-state index in [2.05, 4.69) is 9.71 Å². The fourth-order valence-electron chi connectivity index (χ4n) is 3.67. The summed E-state index contributed by atoms with van der Waals surface area (Å²) in [4.78, 5) is 42.1. The first kappa shape index (κ1) is 27.7. The van der Waals surface area contributed by atoms with Crippen LogP contribution in [0.2, 0.25) is 0 Å². The van der Waals surface area contributed by atoms with E-state index in [-0.39, 0.29) is 34.1 Å². The molecule has 0 saturated heterocycles. The lowest BCUT2D eigenvalue weighted by molar-refractivity contribution is -0.141. The quantitative estimate of drug-likeness (QED) is 0.319. The fourth-order valence-corrected chi connectivity index (χ4v) is 5.82. The monoisotopic (exact) mass is 567 g/mol. The molecule has 202 valence electrons. The number of rotatable bonds is 8. The molecule has 1 aromatic heterocycles. The van der Waals surface area contributed by atoms with Gasteiger partial charge in [0.2, 0.25) is 0 Å². The predicted octanol–water partition coefficient (Wildman–Crippen LogP) is 3.90. The second-order valence-corrected chi connectivity index (χ2v) is 11.0. The molecule has 0 aliphatic heterocycles. The van der Waals surface area contributed by atoms with E-state index in [0.29, 0.717) is 15.8 Å². The Morgan fingerprint density at radius 2 is 1.74 bits per heavy atom. The van der Waals surface area contributed by atoms with E-state index in [9.17, 15) is 22.8 Å². The molecule has 10 nitrogen and oxygen atoms in total. The number of fused-ring (bicyclic) bond motifs is 1. The number of carbonyl (C=O) groups is 3. The van der Waals surface area contributed by atoms with Crippen molar-refractivity contribution in [2.24, 2.45) is 4.99 Å². The second-order valence-electron chi connectivity index (χ2n) is 8.33. The summed E-state index contributed by atoms with van der Waals surface area (Å²) in [6, 6.07) is 17.2. The van der Waals surface area contributed by atoms with Crippen molar-refractivity contribution in [3.05, 3.63) is 88.2 Å². The Kier molecular flexibility index (Phi) is 8.27. The van der Waals surface area contributed by atoms with Gasteiger partial charge in [-0.05, 0) is 56.3 Å². The van der Waals surface area contributed by atoms with Crippen LogP contribution in [0.15, 0.2) is 76.6 Å². The van der Waals surface area contributed by atoms with E-state index in [4.69, 9.17) is 9.47 Å². The molecule has 0 aliphatic rings. The van der Waals surface area contributed by atoms with Crippen molar-refractivity contribution >= 4 is 55.1 Å². The number of hydrogen-bond acceptors (Lipinski definition) is 8. The van der Waals surface area contributed by atoms with E-state index in [0.717, 1.165) is 16.9 Å². The summed E-state index contributed by atoms with van der Waals surface area (Å²) >= 11 is 1.09. The summed E-state index contributed by atoms with van der Waals surface area (Å²) in [6.45, 7) is 3.53. The van der Waals surface area contributed by atoms with Gasteiger partial charge < -0.3 is 14.0 Å². The minimum Gasteiger partial charge on any atom is -0.468 e. The molecule has 0 aliphatic carbocycles. The molecule has 39 heavy (non-hydrogen) atoms. The molecule has 4 aromatic rings. The van der Waals surface area contributed by atoms with Gasteiger partial charge >= 0.3 is 11.9 Å². The van der Waals surface area contributed by atoms with Crippen LogP contribution in [0, 0.1) is 6.92 Å². The third-order valence-electron chi connectivity index (χ3n) is 5.64. The van der Waals surface area contributed by atoms with E-state index < -0.39 is 27.9 Å². The summed E-state index contributed by atoms with van der Waals surface area (Å²) in [6.07, 6.45) is 0. The maximum absolute atomic E-state index is 13.3. The zero-order valence-corrected chi connectivity index (χ0v) is 23.0. The van der Waals surface area contributed by atoms with Gasteiger partial charge in [-0.1, -0.05) is 41.2 Å². The van der Waals surface area contributed by atoms with Crippen LogP contribution in [0.25, 0.3) is 10.2 Å². The lowest BCUT2D eigenvalue weighted by Gasteiger charge is -2.11. The Morgan fingerprint density at radius 1 is 1.03 bits per heavy atom. The number of aryl methyl sites for hydroxylation is 1. The Labute approximate surface area is 228 Å². The molecule has 0 bridgehead atoms. The SMILES string of the molecule is CCOC(=O)c1ccc2c(c1)sc(=NC(=O)c1ccccc1NS(=O)(=O)c1ccc(C)cc1)n2CC(=O)OC. The lowest BCUT2D eigenvalue weighted by atomic mass is 10.2. The number of sulfonamides is 1. The van der Waals surface area contributed by atoms with Gasteiger partial charge in [-0.3, -0.25) is 14.3 Å². The van der Waals surface area contributed by atoms with E-state index in [1.54, 1.807) is 49.4 Å². The van der Waals surface area contributed by atoms with Gasteiger partial charge in [0.25, 0.3) is 15.9 Å². The van der Waals surface area contributed by atoms with Gasteiger partial charge in [-0.2, -0.15) is 4.99 Å². The Bertz CT molecular complexity index is 1740. The third-order valence-corrected chi connectivity index (χ3v) is 8.06. The third kappa shape index (κ3) is 6.24. The van der Waals surface area contributed by atoms with Gasteiger partial charge in [0.15, 0.2) is 4.80 Å². The highest BCUT2D eigenvalue weighted by Crippen LogP contribution is 2.23. The molecule has 1 amide bonds. The molecule has 4 rings (SSSR count). The van der Waals surface area contributed by atoms with Crippen LogP contribution in [-0.4, -0.2) is 44.5 Å². The number of ether oxygens (including phenoxy) is 2. The van der Waals surface area contributed by atoms with Crippen molar-refractivity contribution in [1.82, 2.24) is 4.57 Å². The summed E-state index contributed by atoms with van der Waals surface area (Å²) < 4.78 is 40.3. The van der Waals surface area contributed by atoms with Crippen molar-refractivity contribution in [1.29, 1.82) is 0 Å². The van der Waals surface area contributed by atoms with Crippen molar-refractivity contribution in [2.75, 3.05) is 18.4 Å². The van der Waals surface area contributed by atoms with Gasteiger partial charge in [-0.25, -0.2) is 13.2 Å². The summed E-state index contributed by atoms with van der Waals surface area (Å²) in [5.74, 6) is -1.80. The van der Waals surface area contributed by atoms with Crippen molar-refractivity contribution in [2.45, 2.75) is 25.3 Å². The summed E-state index contributed by atoms with van der Waals surface area (Å²) in [5, 5.41) is 0. The van der Waals surface area contributed by atoms with Crippen LogP contribution in [0.4, 0.5) is 5.69 Å². The molecule has 0 spiro atoms. The fraction of sp³-hybridized carbons (Fsp3) is 0.185. The van der Waals surface area contributed by atoms with Gasteiger partial charge in [0, 0.05) is 0 Å². The molecule has 0 atom stereocenters. The molecule has 3 aromatic carbocycles. The topological polar surface area (TPSA) is 133 Å². The number of thiazole rings is 1. The molecular weight excluding hydrogens is 542 g/mol. The number of nitrogens with one attached hydrogen (secondary N) is 1. The average Bonchev–Trinajstić information content (AvgIpc) is 3.24. The number of hydrogen-bond donors (Lipinski definition) is 1. The van der Waals surface area contributed by atoms with Crippen LogP contribution in [0.3, 0.4) is 0 Å². The van der Waals surface area contributed by atoms with E-state index in [1.807, 2.05) is 6.92 Å². The van der Waals surface area contributed by atoms with Crippen molar-refractivity contribution in [3.63, 3.8) is 0 Å². The number of anilines is 1. The zero-order valence-electron chi connectivity index (χ0n) is 21.3. The van der Waals surface area contributed by atoms with Crippen LogP contribution in [0.1, 0.15) is 33.2 Å². The first-order chi connectivity index (χ1) is 18.6. The Hall–Kier alpha value is -4.29. The molecule has 1 heterocycles. The summed E-state index contributed by atoms with van der Waals surface area (Å²) in [7, 11) is -2.73. The number of amides is 1. The normalized spacial score (nSPS) is 11.8. The Balaban J connectivity index is 1.77. The molecule has 1 N–H and O–H groups in total. The number of carbonyl (C=O) groups excluding carboxylic acids is 3. The number of para-hydroxylation sites is 1. The maximum atomic E-state index is 13.3. The van der Waals surface area contributed by atoms with Gasteiger partial charge in [0.05, 0.1) is 45.6 Å². The minimum atomic E-state index is -3.98. The molecule has 0 radical (unpaired) electrons. The van der Waals surface area contributed by atoms with Crippen molar-refractivity contribution in [3.8, 4) is 0 Å². The molecular formula is C27H25N3O7S2. The van der Waals surface area contributed by atoms with Crippen LogP contribution >= 0.6 is 11.3 Å². The van der Waals surface area contributed by atoms with Gasteiger partial charge in [0.1, 0.15) is 6.54 Å². The number of benzene rings is 3. The highest BCUT2D eigenvalue weighted by atomic mass is 32.2. The molecule has 12 heteroatoms. The highest BCUT2D eigenvalue weighted by Gasteiger charge is 2.20. The first-order valence-corrected chi connectivity index (χ1v) is 14.1. The predicted molar refractivity (Wildman–Crippen MR) is 146 cm³/mol. The van der Waals surface area contributed by atoms with Crippen molar-refractivity contribution < 1.29 is 32.3 Å². The zero-order chi connectivity index (χ0) is 28.2. The largest absolute Gasteiger partial charge is 0.468 e. The van der Waals surface area contributed by atoms with E-state index >= 15 is 0 Å². The number of nitrogens with zero attached hydrogens (tertiary/aromatic N) is 2. The van der Waals surface area contributed by atoms with Gasteiger partial charge in [-0.15, -0.1) is 0 Å². The summed E-state index contributed by atoms with van der Waals surface area (Å²) in [5.41, 5.74) is 1.84. The standard InChI is InChI=1S/C27H25N3O7S2/c1-4-37-26(33)18-11-14-22-23(15-18)38-27(30(22)16-24(31)36-3)28-25(32)20-7-5-6-8-21(20)29-39(34,35)19-12-9-17(2)10-13-19/h5-15,29H,4,16H2,1-3H3. The second kappa shape index (κ2) is 11.6. The van der Waals surface area contributed by atoms with Crippen LogP contribution in [-0.2, 0) is 30.8 Å². The number of methoxy groups -OCH3 is 1. The number of aromatic nitrogens is 1. The van der Waals surface area contributed by atoms with Crippen LogP contribution in [0.5, 0.6) is 0 Å². The molecule has 0 saturated carbocycles. The smallest absolute Gasteiger partial charge is 0.338 e. The molecule has 0 unspecified atom stereocenters. The minimum absolute atomic E-state index is 0.0162.